The van der Waals surface area contributed by atoms with E-state index < -0.39 is 0 Å². The summed E-state index contributed by atoms with van der Waals surface area (Å²) in [5, 5.41) is 3.41. The Labute approximate surface area is 124 Å². The van der Waals surface area contributed by atoms with Crippen molar-refractivity contribution in [1.82, 2.24) is 10.2 Å². The van der Waals surface area contributed by atoms with E-state index in [1.165, 1.54) is 37.1 Å². The lowest BCUT2D eigenvalue weighted by atomic mass is 9.91. The van der Waals surface area contributed by atoms with E-state index in [0.29, 0.717) is 12.0 Å². The highest BCUT2D eigenvalue weighted by Crippen LogP contribution is 2.22. The minimum absolute atomic E-state index is 0.625. The normalized spacial score (nSPS) is 22.1. The topological polar surface area (TPSA) is 15.3 Å². The summed E-state index contributed by atoms with van der Waals surface area (Å²) in [6, 6.07) is 9.82. The monoisotopic (exact) mass is 274 g/mol. The smallest absolute Gasteiger partial charge is 0.0233 e. The Hall–Kier alpha value is -0.860. The second kappa shape index (κ2) is 7.24. The number of benzene rings is 1. The van der Waals surface area contributed by atoms with Crippen molar-refractivity contribution in [1.29, 1.82) is 0 Å². The molecule has 0 saturated carbocycles. The average Bonchev–Trinajstić information content (AvgIpc) is 2.47. The maximum atomic E-state index is 3.41. The number of piperidine rings is 1. The quantitative estimate of drug-likeness (QED) is 0.882. The van der Waals surface area contributed by atoms with Crippen molar-refractivity contribution in [3.05, 3.63) is 35.4 Å². The summed E-state index contributed by atoms with van der Waals surface area (Å²) in [5.41, 5.74) is 2.89. The summed E-state index contributed by atoms with van der Waals surface area (Å²) in [4.78, 5) is 2.62. The molecule has 2 atom stereocenters. The van der Waals surface area contributed by atoms with Gasteiger partial charge in [-0.15, -0.1) is 0 Å². The Bertz CT molecular complexity index is 396. The van der Waals surface area contributed by atoms with E-state index >= 15 is 0 Å². The fourth-order valence-corrected chi connectivity index (χ4v) is 3.14. The van der Waals surface area contributed by atoms with Crippen LogP contribution in [0, 0.1) is 5.92 Å². The number of nitrogens with one attached hydrogen (secondary N) is 1. The Morgan fingerprint density at radius 1 is 1.20 bits per heavy atom. The zero-order chi connectivity index (χ0) is 14.5. The number of hydrogen-bond acceptors (Lipinski definition) is 2. The second-order valence-corrected chi connectivity index (χ2v) is 6.61. The summed E-state index contributed by atoms with van der Waals surface area (Å²) < 4.78 is 0. The van der Waals surface area contributed by atoms with Crippen LogP contribution in [0.3, 0.4) is 0 Å². The van der Waals surface area contributed by atoms with Crippen LogP contribution in [0.15, 0.2) is 24.3 Å². The highest BCUT2D eigenvalue weighted by atomic mass is 15.1. The van der Waals surface area contributed by atoms with Gasteiger partial charge in [0.05, 0.1) is 0 Å². The maximum Gasteiger partial charge on any atom is 0.0233 e. The molecule has 2 heteroatoms. The summed E-state index contributed by atoms with van der Waals surface area (Å²) in [5.74, 6) is 1.42. The third-order valence-corrected chi connectivity index (χ3v) is 4.76. The highest BCUT2D eigenvalue weighted by molar-refractivity contribution is 5.24. The van der Waals surface area contributed by atoms with Gasteiger partial charge in [0, 0.05) is 19.1 Å². The van der Waals surface area contributed by atoms with Crippen LogP contribution in [-0.2, 0) is 6.54 Å². The summed E-state index contributed by atoms with van der Waals surface area (Å²) in [7, 11) is 2.08. The molecule has 0 spiro atoms. The van der Waals surface area contributed by atoms with E-state index in [1.54, 1.807) is 0 Å². The first kappa shape index (κ1) is 15.5. The molecule has 1 aromatic carbocycles. The first-order chi connectivity index (χ1) is 9.60. The average molecular weight is 274 g/mol. The van der Waals surface area contributed by atoms with Crippen LogP contribution in [0.2, 0.25) is 0 Å². The van der Waals surface area contributed by atoms with Gasteiger partial charge in [0.2, 0.25) is 0 Å². The second-order valence-electron chi connectivity index (χ2n) is 6.61. The molecule has 1 aliphatic heterocycles. The van der Waals surface area contributed by atoms with Crippen LogP contribution in [0.1, 0.15) is 50.7 Å². The lowest BCUT2D eigenvalue weighted by Gasteiger charge is -2.35. The Balaban J connectivity index is 1.92. The van der Waals surface area contributed by atoms with Crippen molar-refractivity contribution in [3.63, 3.8) is 0 Å². The van der Waals surface area contributed by atoms with Gasteiger partial charge < -0.3 is 5.32 Å². The lowest BCUT2D eigenvalue weighted by Crippen LogP contribution is -2.43. The van der Waals surface area contributed by atoms with E-state index in [-0.39, 0.29) is 0 Å². The van der Waals surface area contributed by atoms with Crippen LogP contribution in [0.4, 0.5) is 0 Å². The molecule has 1 aromatic rings. The SMILES string of the molecule is CNC(C)C1CCCN(Cc2ccc(C(C)C)cc2)C1. The number of likely N-dealkylation sites (tertiary alicyclic amines) is 1. The molecule has 1 fully saturated rings. The molecular formula is C18H30N2. The van der Waals surface area contributed by atoms with Gasteiger partial charge in [0.1, 0.15) is 0 Å². The fraction of sp³-hybridized carbons (Fsp3) is 0.667. The van der Waals surface area contributed by atoms with Gasteiger partial charge in [-0.05, 0) is 56.3 Å². The molecule has 1 N–H and O–H groups in total. The zero-order valence-corrected chi connectivity index (χ0v) is 13.5. The third kappa shape index (κ3) is 4.07. The molecule has 1 heterocycles. The molecule has 0 amide bonds. The number of nitrogens with zero attached hydrogens (tertiary/aromatic N) is 1. The van der Waals surface area contributed by atoms with Gasteiger partial charge in [0.25, 0.3) is 0 Å². The van der Waals surface area contributed by atoms with E-state index in [0.717, 1.165) is 12.5 Å². The fourth-order valence-electron chi connectivity index (χ4n) is 3.14. The summed E-state index contributed by atoms with van der Waals surface area (Å²) in [6.45, 7) is 10.4. The molecule has 2 unspecified atom stereocenters. The van der Waals surface area contributed by atoms with E-state index in [1.807, 2.05) is 0 Å². The Morgan fingerprint density at radius 3 is 2.50 bits per heavy atom. The zero-order valence-electron chi connectivity index (χ0n) is 13.5. The maximum absolute atomic E-state index is 3.41. The van der Waals surface area contributed by atoms with Gasteiger partial charge >= 0.3 is 0 Å². The molecule has 20 heavy (non-hydrogen) atoms. The van der Waals surface area contributed by atoms with E-state index in [2.05, 4.69) is 62.3 Å². The molecule has 2 nitrogen and oxygen atoms in total. The first-order valence-electron chi connectivity index (χ1n) is 8.08. The molecule has 0 aromatic heterocycles. The molecule has 0 radical (unpaired) electrons. The Kier molecular flexibility index (Phi) is 5.62. The number of rotatable bonds is 5. The van der Waals surface area contributed by atoms with Crippen LogP contribution in [0.5, 0.6) is 0 Å². The molecule has 1 aliphatic rings. The van der Waals surface area contributed by atoms with Crippen LogP contribution < -0.4 is 5.32 Å². The van der Waals surface area contributed by atoms with Crippen molar-refractivity contribution in [2.75, 3.05) is 20.1 Å². The van der Waals surface area contributed by atoms with Gasteiger partial charge in [0.15, 0.2) is 0 Å². The molecule has 1 saturated heterocycles. The van der Waals surface area contributed by atoms with Crippen LogP contribution in [0.25, 0.3) is 0 Å². The minimum Gasteiger partial charge on any atom is -0.317 e. The van der Waals surface area contributed by atoms with Gasteiger partial charge in [-0.25, -0.2) is 0 Å². The van der Waals surface area contributed by atoms with Crippen LogP contribution in [-0.4, -0.2) is 31.1 Å². The Morgan fingerprint density at radius 2 is 1.90 bits per heavy atom. The van der Waals surface area contributed by atoms with Crippen molar-refractivity contribution in [2.24, 2.45) is 5.92 Å². The molecular weight excluding hydrogens is 244 g/mol. The van der Waals surface area contributed by atoms with Gasteiger partial charge in [-0.2, -0.15) is 0 Å². The summed E-state index contributed by atoms with van der Waals surface area (Å²) in [6.07, 6.45) is 2.70. The summed E-state index contributed by atoms with van der Waals surface area (Å²) >= 11 is 0. The minimum atomic E-state index is 0.625. The predicted octanol–water partition coefficient (Wildman–Crippen LogP) is 3.63. The first-order valence-corrected chi connectivity index (χ1v) is 8.08. The van der Waals surface area contributed by atoms with Crippen molar-refractivity contribution in [2.45, 2.75) is 52.1 Å². The van der Waals surface area contributed by atoms with Crippen molar-refractivity contribution < 1.29 is 0 Å². The largest absolute Gasteiger partial charge is 0.317 e. The van der Waals surface area contributed by atoms with Gasteiger partial charge in [-0.1, -0.05) is 38.1 Å². The predicted molar refractivity (Wildman–Crippen MR) is 87.1 cm³/mol. The third-order valence-electron chi connectivity index (χ3n) is 4.76. The molecule has 0 bridgehead atoms. The standard InChI is InChI=1S/C18H30N2/c1-14(2)17-9-7-16(8-10-17)12-20-11-5-6-18(13-20)15(3)19-4/h7-10,14-15,18-19H,5-6,11-13H2,1-4H3. The van der Waals surface area contributed by atoms with E-state index in [4.69, 9.17) is 0 Å². The number of hydrogen-bond donors (Lipinski definition) is 1. The molecule has 0 aliphatic carbocycles. The van der Waals surface area contributed by atoms with Gasteiger partial charge in [-0.3, -0.25) is 4.90 Å². The van der Waals surface area contributed by atoms with Crippen molar-refractivity contribution in [3.8, 4) is 0 Å². The van der Waals surface area contributed by atoms with Crippen LogP contribution >= 0.6 is 0 Å². The lowest BCUT2D eigenvalue weighted by molar-refractivity contribution is 0.147. The molecule has 2 rings (SSSR count). The molecule has 112 valence electrons. The van der Waals surface area contributed by atoms with E-state index in [9.17, 15) is 0 Å². The van der Waals surface area contributed by atoms with Crippen molar-refractivity contribution >= 4 is 0 Å². The highest BCUT2D eigenvalue weighted by Gasteiger charge is 2.23.